The molecule has 0 N–H and O–H groups in total. The normalized spacial score (nSPS) is 7.55. The molecule has 0 heterocycles. The predicted molar refractivity (Wildman–Crippen MR) is 313 cm³/mol. The van der Waals surface area contributed by atoms with Gasteiger partial charge in [-0.2, -0.15) is 0 Å². The van der Waals surface area contributed by atoms with Crippen LogP contribution in [-0.2, 0) is 0 Å². The molecule has 0 spiro atoms. The molecular weight excluding hydrogens is 793 g/mol. The first kappa shape index (κ1) is 71.4. The Kier molecular flexibility index (Phi) is 73.4. The fourth-order valence-electron chi connectivity index (χ4n) is 4.55. The van der Waals surface area contributed by atoms with Crippen molar-refractivity contribution in [3.8, 4) is 0 Å². The van der Waals surface area contributed by atoms with E-state index in [1.165, 1.54) is 32.3 Å². The van der Waals surface area contributed by atoms with Crippen LogP contribution in [0.1, 0.15) is 125 Å². The van der Waals surface area contributed by atoms with Gasteiger partial charge < -0.3 is 0 Å². The number of fused-ring (bicyclic) bond motifs is 3. The third-order valence-corrected chi connectivity index (χ3v) is 6.98. The quantitative estimate of drug-likeness (QED) is 0.142. The maximum absolute atomic E-state index is 2.12. The smallest absolute Gasteiger partial charge is 0.0184 e. The summed E-state index contributed by atoms with van der Waals surface area (Å²) >= 11 is 0. The van der Waals surface area contributed by atoms with Crippen LogP contribution in [-0.4, -0.2) is 0 Å². The average molecular weight is 889 g/mol. The van der Waals surface area contributed by atoms with Crippen molar-refractivity contribution >= 4 is 32.3 Å². The van der Waals surface area contributed by atoms with Gasteiger partial charge in [-0.3, -0.25) is 0 Å². The summed E-state index contributed by atoms with van der Waals surface area (Å²) in [5.74, 6) is 0. The van der Waals surface area contributed by atoms with Crippen molar-refractivity contribution in [1.29, 1.82) is 0 Å². The maximum atomic E-state index is 2.12. The SMILES string of the molecule is CC.CC.CC.CC.CC.CC.CC.CC.CC.c1ccc2ccccc2c1.c1ccc2ccccc2c1.c1ccc2ccccc2c1.c1ccccc1.c1ccccc1.c1ccccc1. The molecule has 0 fully saturated rings. The molecule has 9 aromatic carbocycles. The fraction of sp³-hybridized carbons (Fsp3) is 0.273. The Hall–Kier alpha value is -6.24. The summed E-state index contributed by atoms with van der Waals surface area (Å²) in [5, 5.41) is 7.86. The molecule has 0 aliphatic rings. The minimum Gasteiger partial charge on any atom is -0.0683 e. The summed E-state index contributed by atoms with van der Waals surface area (Å²) < 4.78 is 0. The highest BCUT2D eigenvalue weighted by Gasteiger charge is 1.87. The van der Waals surface area contributed by atoms with Gasteiger partial charge in [0.2, 0.25) is 0 Å². The Morgan fingerprint density at radius 1 is 0.106 bits per heavy atom. The summed E-state index contributed by atoms with van der Waals surface area (Å²) in [6.45, 7) is 36.0. The van der Waals surface area contributed by atoms with E-state index in [0.717, 1.165) is 0 Å². The predicted octanol–water partition coefficient (Wildman–Crippen LogP) is 22.8. The second kappa shape index (κ2) is 67.8. The third-order valence-electron chi connectivity index (χ3n) is 6.98. The van der Waals surface area contributed by atoms with Crippen molar-refractivity contribution in [3.05, 3.63) is 255 Å². The van der Waals surface area contributed by atoms with Gasteiger partial charge in [0.1, 0.15) is 0 Å². The van der Waals surface area contributed by atoms with Crippen LogP contribution in [0.25, 0.3) is 32.3 Å². The van der Waals surface area contributed by atoms with Crippen LogP contribution in [0.5, 0.6) is 0 Å². The molecule has 0 aliphatic carbocycles. The molecule has 0 aromatic heterocycles. The van der Waals surface area contributed by atoms with Crippen LogP contribution in [0.3, 0.4) is 0 Å². The molecule has 0 saturated carbocycles. The average Bonchev–Trinajstić information content (AvgIpc) is 3.48. The number of hydrogen-bond acceptors (Lipinski definition) is 0. The molecule has 66 heavy (non-hydrogen) atoms. The van der Waals surface area contributed by atoms with Crippen LogP contribution < -0.4 is 0 Å². The number of rotatable bonds is 0. The van der Waals surface area contributed by atoms with Crippen LogP contribution in [0.15, 0.2) is 255 Å². The Balaban J connectivity index is -0.000000154. The highest BCUT2D eigenvalue weighted by Crippen LogP contribution is 2.13. The standard InChI is InChI=1S/3C10H8.3C6H6.9C2H6/c3*1-2-6-10-8-4-3-7-9(10)5-1;3*1-2-4-6-5-3-1;9*1-2/h3*1-8H;3*1-6H;9*1-2H3. The molecule has 0 unspecified atom stereocenters. The summed E-state index contributed by atoms with van der Waals surface area (Å²) in [4.78, 5) is 0. The molecule has 0 nitrogen and oxygen atoms in total. The van der Waals surface area contributed by atoms with E-state index < -0.39 is 0 Å². The van der Waals surface area contributed by atoms with E-state index in [1.54, 1.807) is 0 Å². The van der Waals surface area contributed by atoms with Crippen LogP contribution in [0.2, 0.25) is 0 Å². The van der Waals surface area contributed by atoms with Crippen molar-refractivity contribution in [2.24, 2.45) is 0 Å². The van der Waals surface area contributed by atoms with Gasteiger partial charge in [0.25, 0.3) is 0 Å². The molecule has 0 aliphatic heterocycles. The van der Waals surface area contributed by atoms with E-state index in [0.29, 0.717) is 0 Å². The zero-order valence-corrected chi connectivity index (χ0v) is 45.2. The molecule has 9 aromatic rings. The Bertz CT molecular complexity index is 1550. The molecule has 0 amide bonds. The molecule has 9 rings (SSSR count). The molecule has 0 atom stereocenters. The Morgan fingerprint density at radius 2 is 0.167 bits per heavy atom. The van der Waals surface area contributed by atoms with E-state index in [2.05, 4.69) is 146 Å². The zero-order valence-electron chi connectivity index (χ0n) is 45.2. The van der Waals surface area contributed by atoms with Gasteiger partial charge in [-0.15, -0.1) is 0 Å². The van der Waals surface area contributed by atoms with Crippen molar-refractivity contribution in [2.45, 2.75) is 125 Å². The molecule has 0 saturated heterocycles. The van der Waals surface area contributed by atoms with Gasteiger partial charge in [0, 0.05) is 0 Å². The summed E-state index contributed by atoms with van der Waals surface area (Å²) in [6, 6.07) is 86.1. The lowest BCUT2D eigenvalue weighted by Gasteiger charge is -1.92. The van der Waals surface area contributed by atoms with Crippen molar-refractivity contribution in [1.82, 2.24) is 0 Å². The Labute approximate surface area is 409 Å². The minimum absolute atomic E-state index is 1.31. The van der Waals surface area contributed by atoms with Gasteiger partial charge in [0.15, 0.2) is 0 Å². The van der Waals surface area contributed by atoms with Gasteiger partial charge in [-0.25, -0.2) is 0 Å². The summed E-state index contributed by atoms with van der Waals surface area (Å²) in [6.07, 6.45) is 0. The zero-order chi connectivity index (χ0) is 51.2. The first-order valence-corrected chi connectivity index (χ1v) is 25.2. The first-order chi connectivity index (χ1) is 32.9. The summed E-state index contributed by atoms with van der Waals surface area (Å²) in [5.41, 5.74) is 0. The molecular formula is C66H96. The third kappa shape index (κ3) is 43.0. The lowest BCUT2D eigenvalue weighted by Crippen LogP contribution is -1.67. The number of hydrogen-bond donors (Lipinski definition) is 0. The van der Waals surface area contributed by atoms with E-state index in [1.807, 2.05) is 234 Å². The van der Waals surface area contributed by atoms with Crippen LogP contribution in [0.4, 0.5) is 0 Å². The highest BCUT2D eigenvalue weighted by molar-refractivity contribution is 5.83. The van der Waals surface area contributed by atoms with E-state index in [-0.39, 0.29) is 0 Å². The first-order valence-electron chi connectivity index (χ1n) is 25.2. The van der Waals surface area contributed by atoms with Gasteiger partial charge in [-0.05, 0) is 32.3 Å². The molecule has 0 heteroatoms. The monoisotopic (exact) mass is 889 g/mol. The fourth-order valence-corrected chi connectivity index (χ4v) is 4.55. The molecule has 0 bridgehead atoms. The van der Waals surface area contributed by atoms with Crippen molar-refractivity contribution in [3.63, 3.8) is 0 Å². The molecule has 0 radical (unpaired) electrons. The lowest BCUT2D eigenvalue weighted by molar-refractivity contribution is 1.50. The summed E-state index contributed by atoms with van der Waals surface area (Å²) in [7, 11) is 0. The van der Waals surface area contributed by atoms with E-state index in [9.17, 15) is 0 Å². The lowest BCUT2D eigenvalue weighted by atomic mass is 10.1. The van der Waals surface area contributed by atoms with Gasteiger partial charge in [0.05, 0.1) is 0 Å². The maximum Gasteiger partial charge on any atom is -0.0184 e. The Morgan fingerprint density at radius 3 is 0.227 bits per heavy atom. The van der Waals surface area contributed by atoms with Gasteiger partial charge >= 0.3 is 0 Å². The van der Waals surface area contributed by atoms with E-state index in [4.69, 9.17) is 0 Å². The topological polar surface area (TPSA) is 0 Å². The van der Waals surface area contributed by atoms with Crippen molar-refractivity contribution < 1.29 is 0 Å². The second-order valence-electron chi connectivity index (χ2n) is 10.5. The molecule has 360 valence electrons. The van der Waals surface area contributed by atoms with Gasteiger partial charge in [-0.1, -0.05) is 379 Å². The van der Waals surface area contributed by atoms with Crippen molar-refractivity contribution in [2.75, 3.05) is 0 Å². The minimum atomic E-state index is 1.31. The van der Waals surface area contributed by atoms with E-state index >= 15 is 0 Å². The largest absolute Gasteiger partial charge is 0.0683 e. The highest BCUT2D eigenvalue weighted by atomic mass is 13.9. The van der Waals surface area contributed by atoms with Crippen LogP contribution >= 0.6 is 0 Å². The number of benzene rings is 9. The second-order valence-corrected chi connectivity index (χ2v) is 10.5. The van der Waals surface area contributed by atoms with Crippen LogP contribution in [0, 0.1) is 0 Å².